The van der Waals surface area contributed by atoms with E-state index < -0.39 is 19.2 Å². The minimum Gasteiger partial charge on any atom is -0.497 e. The fourth-order valence-corrected chi connectivity index (χ4v) is 5.17. The van der Waals surface area contributed by atoms with Crippen molar-refractivity contribution in [2.75, 3.05) is 19.5 Å². The van der Waals surface area contributed by atoms with Gasteiger partial charge in [0.2, 0.25) is 0 Å². The summed E-state index contributed by atoms with van der Waals surface area (Å²) in [7, 11) is -0.706. The maximum absolute atomic E-state index is 14.0. The zero-order valence-corrected chi connectivity index (χ0v) is 18.5. The summed E-state index contributed by atoms with van der Waals surface area (Å²) in [4.78, 5) is 0. The maximum atomic E-state index is 14.0. The molecule has 2 rings (SSSR count). The minimum atomic E-state index is -3.76. The van der Waals surface area contributed by atoms with Gasteiger partial charge in [-0.25, -0.2) is 4.39 Å². The van der Waals surface area contributed by atoms with Crippen LogP contribution in [0.4, 0.5) is 10.1 Å². The second kappa shape index (κ2) is 10.1. The van der Waals surface area contributed by atoms with Gasteiger partial charge in [-0.3, -0.25) is 4.57 Å². The Hall–Kier alpha value is -2.08. The van der Waals surface area contributed by atoms with Crippen LogP contribution in [0.3, 0.4) is 0 Å². The van der Waals surface area contributed by atoms with E-state index in [2.05, 4.69) is 5.32 Å². The second-order valence-electron chi connectivity index (χ2n) is 7.01. The number of benzene rings is 2. The Morgan fingerprint density at radius 2 is 1.59 bits per heavy atom. The van der Waals surface area contributed by atoms with Gasteiger partial charge in [0.1, 0.15) is 17.3 Å². The molecule has 0 saturated carbocycles. The number of methoxy groups -OCH3 is 2. The van der Waals surface area contributed by atoms with Gasteiger partial charge in [-0.1, -0.05) is 6.07 Å². The molecule has 6 nitrogen and oxygen atoms in total. The molecule has 1 unspecified atom stereocenters. The lowest BCUT2D eigenvalue weighted by Crippen LogP contribution is -2.20. The number of hydrogen-bond donors (Lipinski definition) is 1. The Kier molecular flexibility index (Phi) is 8.08. The van der Waals surface area contributed by atoms with E-state index in [9.17, 15) is 8.96 Å². The number of anilines is 1. The Morgan fingerprint density at radius 1 is 0.931 bits per heavy atom. The summed E-state index contributed by atoms with van der Waals surface area (Å²) < 4.78 is 50.1. The van der Waals surface area contributed by atoms with Crippen LogP contribution in [0.2, 0.25) is 0 Å². The van der Waals surface area contributed by atoms with Crippen molar-refractivity contribution in [1.82, 2.24) is 0 Å². The molecule has 2 aromatic carbocycles. The summed E-state index contributed by atoms with van der Waals surface area (Å²) in [6.07, 6.45) is -0.721. The molecule has 0 aliphatic heterocycles. The minimum absolute atomic E-state index is 0.361. The highest BCUT2D eigenvalue weighted by Crippen LogP contribution is 2.63. The molecule has 1 atom stereocenters. The lowest BCUT2D eigenvalue weighted by molar-refractivity contribution is 0.137. The van der Waals surface area contributed by atoms with Crippen molar-refractivity contribution in [1.29, 1.82) is 0 Å². The molecule has 0 spiro atoms. The Balaban J connectivity index is 2.62. The molecule has 0 saturated heterocycles. The van der Waals surface area contributed by atoms with Crippen molar-refractivity contribution in [3.8, 4) is 11.5 Å². The van der Waals surface area contributed by atoms with Crippen LogP contribution < -0.4 is 14.8 Å². The molecule has 0 fully saturated rings. The van der Waals surface area contributed by atoms with E-state index in [1.54, 1.807) is 65.1 Å². The Bertz CT molecular complexity index is 845. The molecule has 1 N–H and O–H groups in total. The third-order valence-electron chi connectivity index (χ3n) is 3.89. The molecular weight excluding hydrogens is 396 g/mol. The van der Waals surface area contributed by atoms with Gasteiger partial charge in [0.25, 0.3) is 0 Å². The van der Waals surface area contributed by atoms with E-state index in [1.807, 2.05) is 0 Å². The lowest BCUT2D eigenvalue weighted by Gasteiger charge is -2.32. The molecule has 8 heteroatoms. The summed E-state index contributed by atoms with van der Waals surface area (Å²) in [5.74, 6) is -0.326. The Labute approximate surface area is 171 Å². The first-order chi connectivity index (χ1) is 13.7. The molecule has 0 heterocycles. The summed E-state index contributed by atoms with van der Waals surface area (Å²) in [6, 6.07) is 11.0. The fraction of sp³-hybridized carbons (Fsp3) is 0.429. The second-order valence-corrected chi connectivity index (χ2v) is 9.03. The van der Waals surface area contributed by atoms with Crippen molar-refractivity contribution < 1.29 is 27.5 Å². The molecule has 0 aliphatic carbocycles. The van der Waals surface area contributed by atoms with Gasteiger partial charge in [-0.2, -0.15) is 0 Å². The van der Waals surface area contributed by atoms with Crippen molar-refractivity contribution in [3.05, 3.63) is 53.8 Å². The van der Waals surface area contributed by atoms with Crippen LogP contribution >= 0.6 is 7.60 Å². The van der Waals surface area contributed by atoms with Crippen molar-refractivity contribution in [2.45, 2.75) is 45.7 Å². The van der Waals surface area contributed by atoms with E-state index in [4.69, 9.17) is 18.5 Å². The van der Waals surface area contributed by atoms with Gasteiger partial charge in [0, 0.05) is 17.3 Å². The lowest BCUT2D eigenvalue weighted by atomic mass is 10.1. The van der Waals surface area contributed by atoms with Gasteiger partial charge in [-0.05, 0) is 58.0 Å². The first-order valence-electron chi connectivity index (χ1n) is 9.39. The highest BCUT2D eigenvalue weighted by Gasteiger charge is 2.41. The highest BCUT2D eigenvalue weighted by atomic mass is 31.2. The van der Waals surface area contributed by atoms with Crippen LogP contribution in [0.25, 0.3) is 0 Å². The monoisotopic (exact) mass is 425 g/mol. The number of halogens is 1. The molecule has 160 valence electrons. The highest BCUT2D eigenvalue weighted by molar-refractivity contribution is 7.54. The number of hydrogen-bond acceptors (Lipinski definition) is 6. The summed E-state index contributed by atoms with van der Waals surface area (Å²) in [6.45, 7) is 7.11. The van der Waals surface area contributed by atoms with E-state index in [1.165, 1.54) is 19.2 Å². The standard InChI is InChI=1S/C21H29FNO5P/c1-14(2)27-29(24,28-15(3)4)21(23-17-9-7-8-16(22)12-17)19-11-10-18(25-5)13-20(19)26-6/h7-15,21,23H,1-6H3. The summed E-state index contributed by atoms with van der Waals surface area (Å²) in [5, 5.41) is 3.13. The molecule has 2 aromatic rings. The van der Waals surface area contributed by atoms with Gasteiger partial charge in [-0.15, -0.1) is 0 Å². The third kappa shape index (κ3) is 6.20. The first-order valence-corrected chi connectivity index (χ1v) is 11.0. The number of rotatable bonds is 10. The van der Waals surface area contributed by atoms with Crippen LogP contribution in [-0.2, 0) is 13.6 Å². The average Bonchev–Trinajstić information content (AvgIpc) is 2.64. The van der Waals surface area contributed by atoms with Crippen LogP contribution in [0.5, 0.6) is 11.5 Å². The molecule has 0 radical (unpaired) electrons. The van der Waals surface area contributed by atoms with E-state index in [-0.39, 0.29) is 12.2 Å². The van der Waals surface area contributed by atoms with E-state index in [0.717, 1.165) is 0 Å². The van der Waals surface area contributed by atoms with E-state index in [0.29, 0.717) is 22.7 Å². The first kappa shape index (κ1) is 23.2. The van der Waals surface area contributed by atoms with Gasteiger partial charge < -0.3 is 23.8 Å². The predicted octanol–water partition coefficient (Wildman–Crippen LogP) is 6.00. The van der Waals surface area contributed by atoms with Crippen molar-refractivity contribution in [2.24, 2.45) is 0 Å². The summed E-state index contributed by atoms with van der Waals surface area (Å²) in [5.41, 5.74) is 0.981. The molecule has 0 bridgehead atoms. The van der Waals surface area contributed by atoms with Crippen LogP contribution in [-0.4, -0.2) is 26.4 Å². The third-order valence-corrected chi connectivity index (χ3v) is 6.37. The van der Waals surface area contributed by atoms with E-state index >= 15 is 0 Å². The molecule has 29 heavy (non-hydrogen) atoms. The topological polar surface area (TPSA) is 66.0 Å². The van der Waals surface area contributed by atoms with Crippen LogP contribution in [0.15, 0.2) is 42.5 Å². The van der Waals surface area contributed by atoms with Crippen molar-refractivity contribution in [3.63, 3.8) is 0 Å². The smallest absolute Gasteiger partial charge is 0.357 e. The molecule has 0 aromatic heterocycles. The quantitative estimate of drug-likeness (QED) is 0.471. The largest absolute Gasteiger partial charge is 0.497 e. The normalized spacial score (nSPS) is 12.9. The Morgan fingerprint density at radius 3 is 2.10 bits per heavy atom. The van der Waals surface area contributed by atoms with Gasteiger partial charge in [0.15, 0.2) is 5.78 Å². The molecular formula is C21H29FNO5P. The zero-order chi connectivity index (χ0) is 21.6. The fourth-order valence-electron chi connectivity index (χ4n) is 2.84. The SMILES string of the molecule is COc1ccc(C(Nc2cccc(F)c2)P(=O)(OC(C)C)OC(C)C)c(OC)c1. The van der Waals surface area contributed by atoms with Crippen LogP contribution in [0, 0.1) is 5.82 Å². The number of nitrogens with one attached hydrogen (secondary N) is 1. The average molecular weight is 425 g/mol. The van der Waals surface area contributed by atoms with Crippen molar-refractivity contribution >= 4 is 13.3 Å². The number of ether oxygens (including phenoxy) is 2. The van der Waals surface area contributed by atoms with Crippen LogP contribution in [0.1, 0.15) is 39.0 Å². The predicted molar refractivity (Wildman–Crippen MR) is 112 cm³/mol. The van der Waals surface area contributed by atoms with Gasteiger partial charge >= 0.3 is 7.60 Å². The molecule has 0 aliphatic rings. The molecule has 0 amide bonds. The summed E-state index contributed by atoms with van der Waals surface area (Å²) >= 11 is 0. The maximum Gasteiger partial charge on any atom is 0.357 e. The zero-order valence-electron chi connectivity index (χ0n) is 17.6. The van der Waals surface area contributed by atoms with Gasteiger partial charge in [0.05, 0.1) is 26.4 Å².